The smallest absolute Gasteiger partial charge is 0.280 e. The first-order valence-electron chi connectivity index (χ1n) is 7.45. The summed E-state index contributed by atoms with van der Waals surface area (Å²) in [6.07, 6.45) is 0. The lowest BCUT2D eigenvalue weighted by Crippen LogP contribution is -2.25. The number of para-hydroxylation sites is 2. The largest absolute Gasteiger partial charge is 0.506 e. The molecule has 126 valence electrons. The highest BCUT2D eigenvalue weighted by Crippen LogP contribution is 2.23. The van der Waals surface area contributed by atoms with Crippen LogP contribution in [0.25, 0.3) is 5.69 Å². The lowest BCUT2D eigenvalue weighted by Gasteiger charge is -2.10. The number of phenolic OH excluding ortho intramolecular Hbond substituents is 1. The minimum absolute atomic E-state index is 0.123. The van der Waals surface area contributed by atoms with E-state index >= 15 is 0 Å². The highest BCUT2D eigenvalue weighted by atomic mass is 16.3. The Balaban J connectivity index is 2.02. The number of anilines is 1. The van der Waals surface area contributed by atoms with Crippen LogP contribution >= 0.6 is 0 Å². The van der Waals surface area contributed by atoms with E-state index in [-0.39, 0.29) is 17.1 Å². The number of carbonyl (C=O) groups excluding carboxylic acids is 1. The summed E-state index contributed by atoms with van der Waals surface area (Å²) < 4.78 is 1.03. The number of nitrogens with one attached hydrogen (secondary N) is 1. The van der Waals surface area contributed by atoms with Crippen LogP contribution in [-0.4, -0.2) is 25.9 Å². The van der Waals surface area contributed by atoms with Crippen molar-refractivity contribution >= 4 is 11.6 Å². The molecule has 0 aliphatic rings. The summed E-state index contributed by atoms with van der Waals surface area (Å²) in [7, 11) is 0. The summed E-state index contributed by atoms with van der Waals surface area (Å²) in [5.41, 5.74) is 0.662. The number of hydrogen-bond donors (Lipinski definition) is 3. The Bertz CT molecular complexity index is 1010. The Morgan fingerprint density at radius 2 is 1.80 bits per heavy atom. The molecule has 2 aromatic carbocycles. The zero-order valence-electron chi connectivity index (χ0n) is 13.3. The average Bonchev–Trinajstić information content (AvgIpc) is 2.57. The van der Waals surface area contributed by atoms with E-state index in [0.717, 1.165) is 16.3 Å². The molecule has 1 aromatic heterocycles. The molecule has 1 amide bonds. The number of aryl methyl sites for hydroxylation is 1. The monoisotopic (exact) mass is 337 g/mol. The standard InChI is InChI=1S/C18H15N3O4/c1-11-5-4-6-12(9-11)21-16(24)10-15(23)17(20-21)18(25)19-13-7-2-3-8-14(13)22/h2-10,22-23H,1H3,(H,19,25). The second kappa shape index (κ2) is 6.48. The quantitative estimate of drug-likeness (QED) is 0.636. The first-order valence-corrected chi connectivity index (χ1v) is 7.45. The number of aromatic hydroxyl groups is 2. The van der Waals surface area contributed by atoms with Crippen LogP contribution in [0.1, 0.15) is 16.1 Å². The molecule has 25 heavy (non-hydrogen) atoms. The predicted octanol–water partition coefficient (Wildman–Crippen LogP) is 2.20. The molecule has 0 atom stereocenters. The predicted molar refractivity (Wildman–Crippen MR) is 92.3 cm³/mol. The van der Waals surface area contributed by atoms with E-state index in [1.165, 1.54) is 12.1 Å². The van der Waals surface area contributed by atoms with Crippen LogP contribution in [0.3, 0.4) is 0 Å². The molecule has 0 bridgehead atoms. The Morgan fingerprint density at radius 1 is 1.04 bits per heavy atom. The number of benzene rings is 2. The minimum Gasteiger partial charge on any atom is -0.506 e. The van der Waals surface area contributed by atoms with E-state index in [1.54, 1.807) is 30.3 Å². The molecule has 7 heteroatoms. The van der Waals surface area contributed by atoms with Crippen molar-refractivity contribution in [3.63, 3.8) is 0 Å². The van der Waals surface area contributed by atoms with Gasteiger partial charge in [0.25, 0.3) is 11.5 Å². The van der Waals surface area contributed by atoms with E-state index in [2.05, 4.69) is 10.4 Å². The molecule has 0 radical (unpaired) electrons. The van der Waals surface area contributed by atoms with Crippen molar-refractivity contribution in [3.8, 4) is 17.2 Å². The molecular formula is C18H15N3O4. The Kier molecular flexibility index (Phi) is 4.21. The number of hydrogen-bond acceptors (Lipinski definition) is 5. The van der Waals surface area contributed by atoms with Crippen LogP contribution in [0.5, 0.6) is 11.5 Å². The SMILES string of the molecule is Cc1cccc(-n2nc(C(=O)Nc3ccccc3O)c(O)cc2=O)c1. The normalized spacial score (nSPS) is 10.4. The highest BCUT2D eigenvalue weighted by molar-refractivity contribution is 6.05. The third kappa shape index (κ3) is 3.35. The molecule has 0 aliphatic carbocycles. The van der Waals surface area contributed by atoms with Gasteiger partial charge in [-0.2, -0.15) is 9.78 Å². The molecule has 3 aromatic rings. The fourth-order valence-electron chi connectivity index (χ4n) is 2.31. The summed E-state index contributed by atoms with van der Waals surface area (Å²) in [6.45, 7) is 1.86. The van der Waals surface area contributed by atoms with Crippen LogP contribution in [0, 0.1) is 6.92 Å². The molecule has 0 fully saturated rings. The van der Waals surface area contributed by atoms with Gasteiger partial charge in [0.15, 0.2) is 11.4 Å². The van der Waals surface area contributed by atoms with Gasteiger partial charge in [-0.05, 0) is 36.8 Å². The number of rotatable bonds is 3. The minimum atomic E-state index is -0.750. The molecule has 0 saturated carbocycles. The molecule has 0 aliphatic heterocycles. The fraction of sp³-hybridized carbons (Fsp3) is 0.0556. The van der Waals surface area contributed by atoms with Crippen molar-refractivity contribution in [2.75, 3.05) is 5.32 Å². The summed E-state index contributed by atoms with van der Waals surface area (Å²) in [6, 6.07) is 14.1. The van der Waals surface area contributed by atoms with Crippen LogP contribution in [0.4, 0.5) is 5.69 Å². The van der Waals surface area contributed by atoms with Crippen LogP contribution in [0.15, 0.2) is 59.4 Å². The van der Waals surface area contributed by atoms with Gasteiger partial charge < -0.3 is 15.5 Å². The van der Waals surface area contributed by atoms with Gasteiger partial charge in [-0.15, -0.1) is 0 Å². The van der Waals surface area contributed by atoms with Gasteiger partial charge >= 0.3 is 0 Å². The number of amides is 1. The van der Waals surface area contributed by atoms with Crippen LogP contribution in [0.2, 0.25) is 0 Å². The number of nitrogens with zero attached hydrogens (tertiary/aromatic N) is 2. The molecule has 3 N–H and O–H groups in total. The van der Waals surface area contributed by atoms with E-state index in [1.807, 2.05) is 13.0 Å². The number of phenols is 1. The summed E-state index contributed by atoms with van der Waals surface area (Å²) in [5, 5.41) is 26.1. The Labute approximate surface area is 142 Å². The van der Waals surface area contributed by atoms with Crippen molar-refractivity contribution in [2.24, 2.45) is 0 Å². The number of carbonyl (C=O) groups is 1. The first kappa shape index (κ1) is 16.3. The van der Waals surface area contributed by atoms with Gasteiger partial charge in [-0.1, -0.05) is 24.3 Å². The van der Waals surface area contributed by atoms with E-state index in [0.29, 0.717) is 5.69 Å². The van der Waals surface area contributed by atoms with Gasteiger partial charge in [0, 0.05) is 6.07 Å². The van der Waals surface area contributed by atoms with E-state index < -0.39 is 17.2 Å². The Morgan fingerprint density at radius 3 is 2.52 bits per heavy atom. The van der Waals surface area contributed by atoms with Gasteiger partial charge in [-0.25, -0.2) is 0 Å². The van der Waals surface area contributed by atoms with Gasteiger partial charge in [0.05, 0.1) is 11.4 Å². The molecule has 0 saturated heterocycles. The van der Waals surface area contributed by atoms with Crippen molar-refractivity contribution in [1.82, 2.24) is 9.78 Å². The zero-order chi connectivity index (χ0) is 18.0. The number of aromatic nitrogens is 2. The van der Waals surface area contributed by atoms with Crippen molar-refractivity contribution in [2.45, 2.75) is 6.92 Å². The van der Waals surface area contributed by atoms with E-state index in [4.69, 9.17) is 0 Å². The first-order chi connectivity index (χ1) is 12.0. The molecular weight excluding hydrogens is 322 g/mol. The van der Waals surface area contributed by atoms with Gasteiger partial charge in [-0.3, -0.25) is 9.59 Å². The third-order valence-corrected chi connectivity index (χ3v) is 3.53. The fourth-order valence-corrected chi connectivity index (χ4v) is 2.31. The van der Waals surface area contributed by atoms with Gasteiger partial charge in [0.1, 0.15) is 5.75 Å². The maximum atomic E-state index is 12.4. The lowest BCUT2D eigenvalue weighted by atomic mass is 10.2. The Hall–Kier alpha value is -3.61. The summed E-state index contributed by atoms with van der Waals surface area (Å²) in [5.74, 6) is -1.41. The van der Waals surface area contributed by atoms with Crippen molar-refractivity contribution in [1.29, 1.82) is 0 Å². The highest BCUT2D eigenvalue weighted by Gasteiger charge is 2.18. The van der Waals surface area contributed by atoms with Gasteiger partial charge in [0.2, 0.25) is 0 Å². The molecule has 1 heterocycles. The topological polar surface area (TPSA) is 104 Å². The summed E-state index contributed by atoms with van der Waals surface area (Å²) in [4.78, 5) is 24.5. The van der Waals surface area contributed by atoms with Crippen molar-refractivity contribution in [3.05, 3.63) is 76.2 Å². The molecule has 7 nitrogen and oxygen atoms in total. The second-order valence-electron chi connectivity index (χ2n) is 5.44. The van der Waals surface area contributed by atoms with Crippen LogP contribution in [-0.2, 0) is 0 Å². The van der Waals surface area contributed by atoms with E-state index in [9.17, 15) is 19.8 Å². The second-order valence-corrected chi connectivity index (χ2v) is 5.44. The maximum absolute atomic E-state index is 12.4. The lowest BCUT2D eigenvalue weighted by molar-refractivity contribution is 0.101. The summed E-state index contributed by atoms with van der Waals surface area (Å²) >= 11 is 0. The third-order valence-electron chi connectivity index (χ3n) is 3.53. The molecule has 0 spiro atoms. The average molecular weight is 337 g/mol. The molecule has 0 unspecified atom stereocenters. The van der Waals surface area contributed by atoms with Crippen molar-refractivity contribution < 1.29 is 15.0 Å². The maximum Gasteiger partial charge on any atom is 0.280 e. The zero-order valence-corrected chi connectivity index (χ0v) is 13.3. The molecule has 3 rings (SSSR count). The van der Waals surface area contributed by atoms with Crippen LogP contribution < -0.4 is 10.9 Å².